The normalized spacial score (nSPS) is 12.5. The highest BCUT2D eigenvalue weighted by atomic mass is 35.5. The van der Waals surface area contributed by atoms with Crippen molar-refractivity contribution in [1.82, 2.24) is 4.90 Å². The summed E-state index contributed by atoms with van der Waals surface area (Å²) >= 11 is 6.23. The molecule has 0 saturated carbocycles. The predicted molar refractivity (Wildman–Crippen MR) is 119 cm³/mol. The molecule has 0 saturated heterocycles. The fourth-order valence-corrected chi connectivity index (χ4v) is 3.01. The Kier molecular flexibility index (Phi) is 9.17. The van der Waals surface area contributed by atoms with Gasteiger partial charge in [0.2, 0.25) is 6.79 Å². The van der Waals surface area contributed by atoms with E-state index in [9.17, 15) is 9.59 Å². The van der Waals surface area contributed by atoms with E-state index in [0.29, 0.717) is 17.2 Å². The minimum absolute atomic E-state index is 0.192. The average molecular weight is 449 g/mol. The number of carboxylic acids is 2. The molecule has 166 valence electrons. The predicted octanol–water partition coefficient (Wildman–Crippen LogP) is 3.87. The number of para-hydroxylation sites is 2. The third kappa shape index (κ3) is 7.84. The monoisotopic (exact) mass is 448 g/mol. The molecule has 0 bridgehead atoms. The summed E-state index contributed by atoms with van der Waals surface area (Å²) in [6, 6.07) is 13.7. The Morgan fingerprint density at radius 3 is 2.26 bits per heavy atom. The van der Waals surface area contributed by atoms with E-state index in [1.165, 1.54) is 0 Å². The number of fused-ring (bicyclic) bond motifs is 2. The van der Waals surface area contributed by atoms with Gasteiger partial charge in [0.1, 0.15) is 11.5 Å². The van der Waals surface area contributed by atoms with Crippen LogP contribution in [0.15, 0.2) is 54.6 Å². The van der Waals surface area contributed by atoms with E-state index in [4.69, 9.17) is 31.3 Å². The second kappa shape index (κ2) is 11.8. The molecule has 1 aliphatic heterocycles. The zero-order chi connectivity index (χ0) is 22.8. The molecule has 3 rings (SSSR count). The molecule has 1 heterocycles. The van der Waals surface area contributed by atoms with Crippen molar-refractivity contribution in [3.8, 4) is 11.5 Å². The highest BCUT2D eigenvalue weighted by Gasteiger charge is 2.21. The van der Waals surface area contributed by atoms with Crippen molar-refractivity contribution in [3.63, 3.8) is 0 Å². The smallest absolute Gasteiger partial charge is 0.328 e. The molecule has 0 amide bonds. The van der Waals surface area contributed by atoms with E-state index >= 15 is 0 Å². The van der Waals surface area contributed by atoms with Crippen molar-refractivity contribution >= 4 is 34.9 Å². The van der Waals surface area contributed by atoms with Gasteiger partial charge in [-0.1, -0.05) is 23.7 Å². The number of hydrogen-bond acceptors (Lipinski definition) is 6. The lowest BCUT2D eigenvalue weighted by Gasteiger charge is -2.31. The van der Waals surface area contributed by atoms with Crippen molar-refractivity contribution < 1.29 is 29.3 Å². The van der Waals surface area contributed by atoms with Gasteiger partial charge in [0.15, 0.2) is 0 Å². The summed E-state index contributed by atoms with van der Waals surface area (Å²) in [6.45, 7) is 2.06. The van der Waals surface area contributed by atoms with Crippen molar-refractivity contribution in [1.29, 1.82) is 0 Å². The number of aliphatic carboxylic acids is 2. The SMILES string of the molecule is CN(C)CCCN1c2ccccc2OCOc2ccc(Cl)cc21.O=C(O)/C=C/C(=O)O. The summed E-state index contributed by atoms with van der Waals surface area (Å²) in [6.07, 6.45) is 2.14. The molecular weight excluding hydrogens is 424 g/mol. The fraction of sp³-hybridized carbons (Fsp3) is 0.273. The van der Waals surface area contributed by atoms with E-state index in [0.717, 1.165) is 42.4 Å². The number of hydrogen-bond donors (Lipinski definition) is 2. The lowest BCUT2D eigenvalue weighted by Crippen LogP contribution is -2.26. The van der Waals surface area contributed by atoms with Crippen LogP contribution >= 0.6 is 11.6 Å². The van der Waals surface area contributed by atoms with E-state index in [1.54, 1.807) is 0 Å². The summed E-state index contributed by atoms with van der Waals surface area (Å²) in [7, 11) is 4.16. The molecule has 8 nitrogen and oxygen atoms in total. The molecule has 0 aromatic heterocycles. The van der Waals surface area contributed by atoms with Crippen LogP contribution in [-0.2, 0) is 9.59 Å². The summed E-state index contributed by atoms with van der Waals surface area (Å²) < 4.78 is 11.5. The van der Waals surface area contributed by atoms with Crippen LogP contribution in [0.25, 0.3) is 0 Å². The van der Waals surface area contributed by atoms with Crippen LogP contribution in [0.3, 0.4) is 0 Å². The summed E-state index contributed by atoms with van der Waals surface area (Å²) in [4.78, 5) is 23.5. The maximum atomic E-state index is 9.55. The van der Waals surface area contributed by atoms with Gasteiger partial charge in [0.05, 0.1) is 11.4 Å². The first-order valence-electron chi connectivity index (χ1n) is 9.48. The number of carboxylic acid groups (broad SMARTS) is 2. The highest BCUT2D eigenvalue weighted by molar-refractivity contribution is 6.31. The standard InChI is InChI=1S/C18H21ClN2O2.C4H4O4/c1-20(2)10-5-11-21-15-6-3-4-7-17(15)22-13-23-18-9-8-14(19)12-16(18)21;5-3(6)1-2-4(7)8/h3-4,6-9,12H,5,10-11,13H2,1-2H3;1-2H,(H,5,6)(H,7,8)/b;2-1+. The number of halogens is 1. The quantitative estimate of drug-likeness (QED) is 0.642. The van der Waals surface area contributed by atoms with Crippen LogP contribution in [0, 0.1) is 0 Å². The topological polar surface area (TPSA) is 99.5 Å². The number of anilines is 2. The van der Waals surface area contributed by atoms with Gasteiger partial charge in [-0.2, -0.15) is 0 Å². The molecule has 2 aromatic carbocycles. The van der Waals surface area contributed by atoms with Gasteiger partial charge in [0.25, 0.3) is 0 Å². The summed E-state index contributed by atoms with van der Waals surface area (Å²) in [5.41, 5.74) is 2.02. The number of nitrogens with zero attached hydrogens (tertiary/aromatic N) is 2. The second-order valence-corrected chi connectivity index (χ2v) is 7.24. The third-order valence-electron chi connectivity index (χ3n) is 4.15. The first kappa shape index (κ1) is 24.0. The summed E-state index contributed by atoms with van der Waals surface area (Å²) in [5, 5.41) is 16.3. The Morgan fingerprint density at radius 2 is 1.65 bits per heavy atom. The largest absolute Gasteiger partial charge is 0.478 e. The fourth-order valence-electron chi connectivity index (χ4n) is 2.84. The molecule has 0 unspecified atom stereocenters. The minimum atomic E-state index is -1.26. The van der Waals surface area contributed by atoms with Crippen molar-refractivity contribution in [3.05, 3.63) is 59.6 Å². The highest BCUT2D eigenvalue weighted by Crippen LogP contribution is 2.41. The zero-order valence-corrected chi connectivity index (χ0v) is 18.1. The molecule has 31 heavy (non-hydrogen) atoms. The van der Waals surface area contributed by atoms with E-state index < -0.39 is 11.9 Å². The first-order valence-corrected chi connectivity index (χ1v) is 9.86. The van der Waals surface area contributed by atoms with Gasteiger partial charge in [-0.15, -0.1) is 0 Å². The van der Waals surface area contributed by atoms with Gasteiger partial charge in [-0.05, 0) is 57.4 Å². The molecule has 0 spiro atoms. The molecule has 0 atom stereocenters. The number of ether oxygens (including phenoxy) is 2. The van der Waals surface area contributed by atoms with Crippen LogP contribution in [-0.4, -0.2) is 61.0 Å². The van der Waals surface area contributed by atoms with Crippen LogP contribution < -0.4 is 14.4 Å². The van der Waals surface area contributed by atoms with E-state index in [-0.39, 0.29) is 6.79 Å². The number of rotatable bonds is 6. The van der Waals surface area contributed by atoms with Crippen LogP contribution in [0.1, 0.15) is 6.42 Å². The molecular formula is C22H25ClN2O6. The van der Waals surface area contributed by atoms with Crippen LogP contribution in [0.5, 0.6) is 11.5 Å². The average Bonchev–Trinajstić information content (AvgIpc) is 2.70. The Balaban J connectivity index is 0.000000366. The van der Waals surface area contributed by atoms with Gasteiger partial charge in [-0.3, -0.25) is 0 Å². The van der Waals surface area contributed by atoms with Crippen molar-refractivity contribution in [2.24, 2.45) is 0 Å². The maximum Gasteiger partial charge on any atom is 0.328 e. The third-order valence-corrected chi connectivity index (χ3v) is 4.39. The molecule has 1 aliphatic rings. The number of benzene rings is 2. The Morgan fingerprint density at radius 1 is 1.03 bits per heavy atom. The van der Waals surface area contributed by atoms with Gasteiger partial charge in [-0.25, -0.2) is 9.59 Å². The lowest BCUT2D eigenvalue weighted by molar-refractivity contribution is -0.134. The lowest BCUT2D eigenvalue weighted by atomic mass is 10.2. The molecule has 2 N–H and O–H groups in total. The van der Waals surface area contributed by atoms with E-state index in [1.807, 2.05) is 36.4 Å². The Bertz CT molecular complexity index is 916. The van der Waals surface area contributed by atoms with Crippen LogP contribution in [0.4, 0.5) is 11.4 Å². The Labute approximate surface area is 185 Å². The maximum absolute atomic E-state index is 9.55. The second-order valence-electron chi connectivity index (χ2n) is 6.80. The van der Waals surface area contributed by atoms with Crippen molar-refractivity contribution in [2.75, 3.05) is 38.9 Å². The summed E-state index contributed by atoms with van der Waals surface area (Å²) in [5.74, 6) is -0.906. The molecule has 0 radical (unpaired) electrons. The van der Waals surface area contributed by atoms with Gasteiger partial charge < -0.3 is 29.5 Å². The van der Waals surface area contributed by atoms with E-state index in [2.05, 4.69) is 30.0 Å². The van der Waals surface area contributed by atoms with Crippen LogP contribution in [0.2, 0.25) is 5.02 Å². The van der Waals surface area contributed by atoms with Crippen molar-refractivity contribution in [2.45, 2.75) is 6.42 Å². The number of carbonyl (C=O) groups is 2. The first-order chi connectivity index (χ1) is 14.8. The molecule has 0 fully saturated rings. The van der Waals surface area contributed by atoms with Gasteiger partial charge >= 0.3 is 11.9 Å². The molecule has 0 aliphatic carbocycles. The molecule has 9 heteroatoms. The zero-order valence-electron chi connectivity index (χ0n) is 17.3. The van der Waals surface area contributed by atoms with Gasteiger partial charge in [0, 0.05) is 23.7 Å². The minimum Gasteiger partial charge on any atom is -0.478 e. The molecule has 2 aromatic rings. The Hall–Kier alpha value is -3.23.